The normalized spacial score (nSPS) is 14.5. The van der Waals surface area contributed by atoms with Crippen molar-refractivity contribution in [3.63, 3.8) is 0 Å². The van der Waals surface area contributed by atoms with Gasteiger partial charge in [0, 0.05) is 34.6 Å². The summed E-state index contributed by atoms with van der Waals surface area (Å²) in [6, 6.07) is 0. The predicted octanol–water partition coefficient (Wildman–Crippen LogP) is -0.639. The van der Waals surface area contributed by atoms with Gasteiger partial charge in [-0.1, -0.05) is 0 Å². The van der Waals surface area contributed by atoms with Gasteiger partial charge < -0.3 is 28.8 Å². The molecule has 28 heavy (non-hydrogen) atoms. The second-order valence-electron chi connectivity index (χ2n) is 5.47. The summed E-state index contributed by atoms with van der Waals surface area (Å²) < 4.78 is 24.2. The van der Waals surface area contributed by atoms with Crippen molar-refractivity contribution in [2.45, 2.75) is 59.0 Å². The van der Waals surface area contributed by atoms with Crippen molar-refractivity contribution in [3.05, 3.63) is 0 Å². The second kappa shape index (κ2) is 11.5. The highest BCUT2D eigenvalue weighted by Crippen LogP contribution is 2.20. The molecule has 0 bridgehead atoms. The molecule has 12 nitrogen and oxygen atoms in total. The van der Waals surface area contributed by atoms with Gasteiger partial charge in [-0.2, -0.15) is 0 Å². The number of ether oxygens (including phenoxy) is 5. The first-order chi connectivity index (χ1) is 12.8. The first kappa shape index (κ1) is 24.8. The van der Waals surface area contributed by atoms with E-state index in [9.17, 15) is 33.9 Å². The van der Waals surface area contributed by atoms with Crippen LogP contribution in [0, 0.1) is 0 Å². The number of rotatable bonds is 10. The zero-order valence-electron chi connectivity index (χ0n) is 16.0. The molecular weight excluding hydrogens is 384 g/mol. The third-order valence-electron chi connectivity index (χ3n) is 2.90. The van der Waals surface area contributed by atoms with Crippen molar-refractivity contribution < 1.29 is 57.6 Å². The van der Waals surface area contributed by atoms with Gasteiger partial charge in [-0.15, -0.1) is 0 Å². The summed E-state index contributed by atoms with van der Waals surface area (Å²) in [5, 5.41) is 9.37. The number of esters is 5. The van der Waals surface area contributed by atoms with Crippen molar-refractivity contribution in [1.29, 1.82) is 0 Å². The Morgan fingerprint density at radius 2 is 1.07 bits per heavy atom. The molecule has 0 aromatic rings. The van der Waals surface area contributed by atoms with Gasteiger partial charge in [0.2, 0.25) is 6.10 Å². The average molecular weight is 406 g/mol. The topological polar surface area (TPSA) is 169 Å². The van der Waals surface area contributed by atoms with Crippen LogP contribution in [0.15, 0.2) is 0 Å². The Kier molecular flexibility index (Phi) is 10.2. The van der Waals surface area contributed by atoms with Crippen LogP contribution in [0.2, 0.25) is 0 Å². The lowest BCUT2D eigenvalue weighted by atomic mass is 10.0. The first-order valence-corrected chi connectivity index (χ1v) is 7.90. The zero-order chi connectivity index (χ0) is 22.0. The molecule has 0 saturated heterocycles. The standard InChI is InChI=1S/C16H22O12/c1-7(17)24-6-12(25-8(2)18)13(26-9(3)19)14(27-10(4)20)15(16(22)23)28-11(5)21/h12-15H,6H2,1-5H3,(H,22,23)/t12-,13+,14-,15-/m0/s1. The molecule has 4 atom stereocenters. The Morgan fingerprint density at radius 3 is 1.43 bits per heavy atom. The van der Waals surface area contributed by atoms with Crippen LogP contribution in [-0.2, 0) is 52.5 Å². The first-order valence-electron chi connectivity index (χ1n) is 7.90. The smallest absolute Gasteiger partial charge is 0.349 e. The molecular formula is C16H22O12. The SMILES string of the molecule is CC(=O)OC[C@H](OC(C)=O)[C@@H](OC(C)=O)[C@H](OC(C)=O)[C@H](OC(C)=O)C(=O)O. The molecule has 0 saturated carbocycles. The minimum Gasteiger partial charge on any atom is -0.478 e. The Morgan fingerprint density at radius 1 is 0.643 bits per heavy atom. The summed E-state index contributed by atoms with van der Waals surface area (Å²) in [6.07, 6.45) is -7.36. The van der Waals surface area contributed by atoms with Gasteiger partial charge in [-0.3, -0.25) is 24.0 Å². The van der Waals surface area contributed by atoms with E-state index >= 15 is 0 Å². The van der Waals surface area contributed by atoms with Crippen molar-refractivity contribution in [1.82, 2.24) is 0 Å². The molecule has 0 aromatic heterocycles. The molecule has 0 aliphatic rings. The van der Waals surface area contributed by atoms with E-state index in [0.29, 0.717) is 0 Å². The van der Waals surface area contributed by atoms with Crippen LogP contribution in [0.1, 0.15) is 34.6 Å². The van der Waals surface area contributed by atoms with Crippen LogP contribution in [-0.4, -0.2) is 71.9 Å². The summed E-state index contributed by atoms with van der Waals surface area (Å²) in [4.78, 5) is 68.3. The van der Waals surface area contributed by atoms with Gasteiger partial charge in [-0.25, -0.2) is 4.79 Å². The molecule has 0 aromatic carbocycles. The molecule has 12 heteroatoms. The van der Waals surface area contributed by atoms with Crippen molar-refractivity contribution in [2.75, 3.05) is 6.61 Å². The summed E-state index contributed by atoms with van der Waals surface area (Å²) in [6.45, 7) is 4.18. The van der Waals surface area contributed by atoms with Crippen LogP contribution in [0.3, 0.4) is 0 Å². The van der Waals surface area contributed by atoms with Crippen LogP contribution in [0.5, 0.6) is 0 Å². The van der Waals surface area contributed by atoms with E-state index in [-0.39, 0.29) is 0 Å². The number of carboxylic acid groups (broad SMARTS) is 1. The van der Waals surface area contributed by atoms with E-state index in [0.717, 1.165) is 34.6 Å². The van der Waals surface area contributed by atoms with Crippen molar-refractivity contribution >= 4 is 35.8 Å². The van der Waals surface area contributed by atoms with Gasteiger partial charge in [0.05, 0.1) is 0 Å². The van der Waals surface area contributed by atoms with E-state index in [4.69, 9.17) is 18.9 Å². The molecule has 0 amide bonds. The lowest BCUT2D eigenvalue weighted by Gasteiger charge is -2.33. The Labute approximate surface area is 160 Å². The summed E-state index contributed by atoms with van der Waals surface area (Å²) in [5.41, 5.74) is 0. The molecule has 0 spiro atoms. The van der Waals surface area contributed by atoms with Gasteiger partial charge >= 0.3 is 35.8 Å². The minimum atomic E-state index is -2.11. The van der Waals surface area contributed by atoms with Gasteiger partial charge in [-0.05, 0) is 0 Å². The number of carboxylic acids is 1. The van der Waals surface area contributed by atoms with E-state index in [1.807, 2.05) is 0 Å². The van der Waals surface area contributed by atoms with E-state index < -0.39 is 66.8 Å². The molecule has 0 heterocycles. The largest absolute Gasteiger partial charge is 0.478 e. The highest BCUT2D eigenvalue weighted by Gasteiger charge is 2.47. The van der Waals surface area contributed by atoms with Gasteiger partial charge in [0.1, 0.15) is 6.61 Å². The van der Waals surface area contributed by atoms with E-state index in [1.165, 1.54) is 0 Å². The fourth-order valence-corrected chi connectivity index (χ4v) is 2.08. The third kappa shape index (κ3) is 9.50. The lowest BCUT2D eigenvalue weighted by Crippen LogP contribution is -2.55. The fourth-order valence-electron chi connectivity index (χ4n) is 2.08. The number of aliphatic carboxylic acids is 1. The predicted molar refractivity (Wildman–Crippen MR) is 86.5 cm³/mol. The molecule has 1 N–H and O–H groups in total. The molecule has 0 radical (unpaired) electrons. The van der Waals surface area contributed by atoms with Crippen LogP contribution >= 0.6 is 0 Å². The van der Waals surface area contributed by atoms with Crippen molar-refractivity contribution in [3.8, 4) is 0 Å². The van der Waals surface area contributed by atoms with Gasteiger partial charge in [0.25, 0.3) is 0 Å². The molecule has 0 unspecified atom stereocenters. The molecule has 0 aliphatic carbocycles. The third-order valence-corrected chi connectivity index (χ3v) is 2.90. The summed E-state index contributed by atoms with van der Waals surface area (Å²) in [7, 11) is 0. The monoisotopic (exact) mass is 406 g/mol. The Bertz CT molecular complexity index is 625. The molecule has 0 aliphatic heterocycles. The minimum absolute atomic E-state index is 0.656. The zero-order valence-corrected chi connectivity index (χ0v) is 16.0. The number of carbonyl (C=O) groups is 6. The second-order valence-corrected chi connectivity index (χ2v) is 5.47. The van der Waals surface area contributed by atoms with Crippen molar-refractivity contribution in [2.24, 2.45) is 0 Å². The maximum atomic E-state index is 11.6. The highest BCUT2D eigenvalue weighted by molar-refractivity contribution is 5.78. The number of carbonyl (C=O) groups excluding carboxylic acids is 5. The highest BCUT2D eigenvalue weighted by atomic mass is 16.6. The van der Waals surface area contributed by atoms with Crippen LogP contribution in [0.25, 0.3) is 0 Å². The Balaban J connectivity index is 6.18. The quantitative estimate of drug-likeness (QED) is 0.360. The summed E-state index contributed by atoms with van der Waals surface area (Å²) in [5.74, 6) is -6.40. The molecule has 0 rings (SSSR count). The van der Waals surface area contributed by atoms with E-state index in [1.54, 1.807) is 0 Å². The average Bonchev–Trinajstić information content (AvgIpc) is 2.51. The van der Waals surface area contributed by atoms with E-state index in [2.05, 4.69) is 4.74 Å². The number of hydrogen-bond donors (Lipinski definition) is 1. The molecule has 0 fully saturated rings. The van der Waals surface area contributed by atoms with Crippen LogP contribution in [0.4, 0.5) is 0 Å². The molecule has 158 valence electrons. The maximum absolute atomic E-state index is 11.6. The Hall–Kier alpha value is -3.18. The number of hydrogen-bond acceptors (Lipinski definition) is 11. The summed E-state index contributed by atoms with van der Waals surface area (Å²) >= 11 is 0. The lowest BCUT2D eigenvalue weighted by molar-refractivity contribution is -0.206. The maximum Gasteiger partial charge on any atom is 0.349 e. The van der Waals surface area contributed by atoms with Crippen LogP contribution < -0.4 is 0 Å². The van der Waals surface area contributed by atoms with Gasteiger partial charge in [0.15, 0.2) is 18.3 Å². The fraction of sp³-hybridized carbons (Fsp3) is 0.625.